The molecule has 2 N–H and O–H groups in total. The summed E-state index contributed by atoms with van der Waals surface area (Å²) in [5.41, 5.74) is 6.03. The quantitative estimate of drug-likeness (QED) is 0.898. The number of hydrogen-bond donors (Lipinski definition) is 1. The second kappa shape index (κ2) is 5.67. The molecule has 0 saturated heterocycles. The number of ether oxygens (including phenoxy) is 1. The monoisotopic (exact) mass is 327 g/mol. The summed E-state index contributed by atoms with van der Waals surface area (Å²) in [7, 11) is 0. The van der Waals surface area contributed by atoms with Crippen molar-refractivity contribution in [2.45, 2.75) is 13.0 Å². The van der Waals surface area contributed by atoms with Crippen LogP contribution in [0.5, 0.6) is 11.5 Å². The van der Waals surface area contributed by atoms with E-state index in [1.807, 2.05) is 0 Å². The van der Waals surface area contributed by atoms with E-state index in [-0.39, 0.29) is 5.82 Å². The van der Waals surface area contributed by atoms with Crippen molar-refractivity contribution in [1.29, 1.82) is 0 Å². The number of benzene rings is 2. The van der Waals surface area contributed by atoms with Crippen LogP contribution in [0.2, 0.25) is 0 Å². The molecular weight excluding hydrogens is 316 g/mol. The molecule has 2 nitrogen and oxygen atoms in total. The number of halogens is 3. The molecule has 0 aromatic heterocycles. The zero-order valence-electron chi connectivity index (χ0n) is 10.2. The number of nitrogens with two attached hydrogens (primary N) is 1. The summed E-state index contributed by atoms with van der Waals surface area (Å²) >= 11 is 3.19. The van der Waals surface area contributed by atoms with E-state index < -0.39 is 11.9 Å². The van der Waals surface area contributed by atoms with Crippen LogP contribution in [0.25, 0.3) is 0 Å². The fourth-order valence-electron chi connectivity index (χ4n) is 1.72. The molecule has 0 heterocycles. The maximum Gasteiger partial charge on any atom is 0.141 e. The fraction of sp³-hybridized carbons (Fsp3) is 0.143. The predicted molar refractivity (Wildman–Crippen MR) is 73.2 cm³/mol. The first-order chi connectivity index (χ1) is 8.99. The summed E-state index contributed by atoms with van der Waals surface area (Å²) < 4.78 is 32.8. The Balaban J connectivity index is 2.41. The molecule has 2 rings (SSSR count). The highest BCUT2D eigenvalue weighted by molar-refractivity contribution is 9.10. The van der Waals surface area contributed by atoms with E-state index in [2.05, 4.69) is 15.9 Å². The van der Waals surface area contributed by atoms with Crippen LogP contribution in [0.1, 0.15) is 18.5 Å². The maximum absolute atomic E-state index is 13.7. The smallest absolute Gasteiger partial charge is 0.141 e. The van der Waals surface area contributed by atoms with Gasteiger partial charge in [-0.1, -0.05) is 6.07 Å². The first-order valence-electron chi connectivity index (χ1n) is 5.66. The molecular formula is C14H12BrF2NO. The van der Waals surface area contributed by atoms with Gasteiger partial charge in [-0.15, -0.1) is 0 Å². The average Bonchev–Trinajstić information content (AvgIpc) is 2.32. The van der Waals surface area contributed by atoms with Crippen LogP contribution < -0.4 is 10.5 Å². The average molecular weight is 328 g/mol. The van der Waals surface area contributed by atoms with Gasteiger partial charge < -0.3 is 10.5 Å². The lowest BCUT2D eigenvalue weighted by molar-refractivity contribution is 0.456. The SMILES string of the molecule is CC(N)c1c(F)cccc1Oc1ccc(F)cc1Br. The Morgan fingerprint density at radius 2 is 1.89 bits per heavy atom. The molecule has 2 aromatic rings. The van der Waals surface area contributed by atoms with Gasteiger partial charge in [0.15, 0.2) is 0 Å². The Morgan fingerprint density at radius 3 is 2.53 bits per heavy atom. The molecule has 19 heavy (non-hydrogen) atoms. The molecule has 0 spiro atoms. The maximum atomic E-state index is 13.7. The standard InChI is InChI=1S/C14H12BrF2NO/c1-8(18)14-11(17)3-2-4-13(14)19-12-6-5-9(16)7-10(12)15/h2-8H,18H2,1H3. The van der Waals surface area contributed by atoms with Gasteiger partial charge in [-0.25, -0.2) is 8.78 Å². The fourth-order valence-corrected chi connectivity index (χ4v) is 2.16. The predicted octanol–water partition coefficient (Wildman–Crippen LogP) is 4.54. The molecule has 0 radical (unpaired) electrons. The van der Waals surface area contributed by atoms with Gasteiger partial charge in [-0.05, 0) is 53.2 Å². The molecule has 5 heteroatoms. The highest BCUT2D eigenvalue weighted by atomic mass is 79.9. The minimum atomic E-state index is -0.504. The second-order valence-electron chi connectivity index (χ2n) is 4.12. The van der Waals surface area contributed by atoms with Gasteiger partial charge in [-0.2, -0.15) is 0 Å². The van der Waals surface area contributed by atoms with Crippen LogP contribution in [-0.4, -0.2) is 0 Å². The van der Waals surface area contributed by atoms with Gasteiger partial charge in [0.25, 0.3) is 0 Å². The van der Waals surface area contributed by atoms with Gasteiger partial charge >= 0.3 is 0 Å². The summed E-state index contributed by atoms with van der Waals surface area (Å²) in [5.74, 6) is -0.0900. The molecule has 1 atom stereocenters. The zero-order valence-corrected chi connectivity index (χ0v) is 11.7. The van der Waals surface area contributed by atoms with Crippen molar-refractivity contribution < 1.29 is 13.5 Å². The summed E-state index contributed by atoms with van der Waals surface area (Å²) in [6, 6.07) is 7.99. The summed E-state index contributed by atoms with van der Waals surface area (Å²) in [6.45, 7) is 1.67. The first-order valence-corrected chi connectivity index (χ1v) is 6.45. The third-order valence-electron chi connectivity index (χ3n) is 2.58. The van der Waals surface area contributed by atoms with E-state index in [0.717, 1.165) is 0 Å². The largest absolute Gasteiger partial charge is 0.456 e. The van der Waals surface area contributed by atoms with Crippen LogP contribution in [-0.2, 0) is 0 Å². The van der Waals surface area contributed by atoms with E-state index in [1.54, 1.807) is 13.0 Å². The van der Waals surface area contributed by atoms with Crippen molar-refractivity contribution in [3.63, 3.8) is 0 Å². The van der Waals surface area contributed by atoms with Gasteiger partial charge in [0.05, 0.1) is 4.47 Å². The van der Waals surface area contributed by atoms with Gasteiger partial charge in [0.2, 0.25) is 0 Å². The third-order valence-corrected chi connectivity index (χ3v) is 3.20. The van der Waals surface area contributed by atoms with Gasteiger partial charge in [-0.3, -0.25) is 0 Å². The van der Waals surface area contributed by atoms with E-state index in [9.17, 15) is 8.78 Å². The lowest BCUT2D eigenvalue weighted by Crippen LogP contribution is -2.09. The van der Waals surface area contributed by atoms with Crippen molar-refractivity contribution in [1.82, 2.24) is 0 Å². The Bertz CT molecular complexity index is 602. The van der Waals surface area contributed by atoms with Crippen molar-refractivity contribution >= 4 is 15.9 Å². The molecule has 0 aliphatic carbocycles. The third kappa shape index (κ3) is 3.11. The topological polar surface area (TPSA) is 35.2 Å². The van der Waals surface area contributed by atoms with Gasteiger partial charge in [0.1, 0.15) is 23.1 Å². The summed E-state index contributed by atoms with van der Waals surface area (Å²) in [4.78, 5) is 0. The normalized spacial score (nSPS) is 12.3. The van der Waals surface area contributed by atoms with E-state index >= 15 is 0 Å². The van der Waals surface area contributed by atoms with Crippen LogP contribution in [0.4, 0.5) is 8.78 Å². The lowest BCUT2D eigenvalue weighted by atomic mass is 10.1. The molecule has 2 aromatic carbocycles. The Labute approximate surface area is 118 Å². The molecule has 0 aliphatic heterocycles. The number of hydrogen-bond acceptors (Lipinski definition) is 2. The Hall–Kier alpha value is -1.46. The van der Waals surface area contributed by atoms with Crippen LogP contribution in [0, 0.1) is 11.6 Å². The van der Waals surface area contributed by atoms with Crippen molar-refractivity contribution in [3.8, 4) is 11.5 Å². The molecule has 0 bridgehead atoms. The molecule has 100 valence electrons. The zero-order chi connectivity index (χ0) is 14.0. The molecule has 1 unspecified atom stereocenters. The van der Waals surface area contributed by atoms with Crippen LogP contribution >= 0.6 is 15.9 Å². The van der Waals surface area contributed by atoms with Crippen LogP contribution in [0.15, 0.2) is 40.9 Å². The van der Waals surface area contributed by atoms with Crippen molar-refractivity contribution in [3.05, 3.63) is 58.1 Å². The highest BCUT2D eigenvalue weighted by Gasteiger charge is 2.15. The second-order valence-corrected chi connectivity index (χ2v) is 4.97. The molecule has 0 saturated carbocycles. The number of rotatable bonds is 3. The summed E-state index contributed by atoms with van der Waals surface area (Å²) in [6.07, 6.45) is 0. The Kier molecular flexibility index (Phi) is 4.17. The molecule has 0 amide bonds. The van der Waals surface area contributed by atoms with Crippen molar-refractivity contribution in [2.75, 3.05) is 0 Å². The lowest BCUT2D eigenvalue weighted by Gasteiger charge is -2.15. The van der Waals surface area contributed by atoms with E-state index in [0.29, 0.717) is 21.5 Å². The Morgan fingerprint density at radius 1 is 1.16 bits per heavy atom. The first kappa shape index (κ1) is 14.0. The minimum Gasteiger partial charge on any atom is -0.456 e. The van der Waals surface area contributed by atoms with Gasteiger partial charge in [0, 0.05) is 11.6 Å². The van der Waals surface area contributed by atoms with E-state index in [1.165, 1.54) is 30.3 Å². The molecule has 0 fully saturated rings. The molecule has 0 aliphatic rings. The highest BCUT2D eigenvalue weighted by Crippen LogP contribution is 2.34. The van der Waals surface area contributed by atoms with Crippen LogP contribution in [0.3, 0.4) is 0 Å². The van der Waals surface area contributed by atoms with E-state index in [4.69, 9.17) is 10.5 Å². The summed E-state index contributed by atoms with van der Waals surface area (Å²) in [5, 5.41) is 0. The minimum absolute atomic E-state index is 0.290. The van der Waals surface area contributed by atoms with Crippen molar-refractivity contribution in [2.24, 2.45) is 5.73 Å².